The number of nitrogens with one attached hydrogen (secondary N) is 1. The second kappa shape index (κ2) is 73.8. The fraction of sp³-hybridized carbons (Fsp3) is 0.923. The Labute approximate surface area is 526 Å². The highest BCUT2D eigenvalue weighted by atomic mass is 16.5. The SMILES string of the molecule is CCCCCCCCCCCCCCCCCCCC(=O)OCCCCCCCCCCCCC/C=C\C/C=C\CCCCCCCCCCCCCCCCCCCC(=O)NC(CO)C(O)CCCCCCCCCCCCCCCCC. The molecule has 0 aromatic carbocycles. The van der Waals surface area contributed by atoms with Crippen molar-refractivity contribution in [1.82, 2.24) is 5.32 Å². The van der Waals surface area contributed by atoms with Gasteiger partial charge in [-0.05, 0) is 57.8 Å². The molecular formula is C78H151NO5. The minimum absolute atomic E-state index is 0.0216. The molecule has 0 aromatic rings. The Kier molecular flexibility index (Phi) is 72.3. The topological polar surface area (TPSA) is 95.9 Å². The predicted molar refractivity (Wildman–Crippen MR) is 370 cm³/mol. The minimum Gasteiger partial charge on any atom is -0.466 e. The van der Waals surface area contributed by atoms with Gasteiger partial charge in [0.2, 0.25) is 5.91 Å². The van der Waals surface area contributed by atoms with Gasteiger partial charge in [-0.15, -0.1) is 0 Å². The van der Waals surface area contributed by atoms with Crippen molar-refractivity contribution in [3.8, 4) is 0 Å². The molecule has 0 heterocycles. The maximum absolute atomic E-state index is 12.5. The zero-order chi connectivity index (χ0) is 60.6. The highest BCUT2D eigenvalue weighted by Crippen LogP contribution is 2.20. The summed E-state index contributed by atoms with van der Waals surface area (Å²) in [6.07, 6.45) is 94.1. The standard InChI is InChI=1S/C78H151NO5/c1-3-5-7-9-11-13-15-17-19-39-44-48-52-56-60-64-68-72-78(83)84-73-69-65-61-57-53-49-45-41-38-36-34-32-30-28-26-24-22-20-21-23-25-27-29-31-33-35-37-40-43-47-51-55-59-63-67-71-77(82)79-75(74-80)76(81)70-66-62-58-54-50-46-42-18-16-14-12-10-8-6-4-2/h22,24,28,30,75-76,80-81H,3-21,23,25-27,29,31-74H2,1-2H3,(H,79,82)/b24-22-,30-28-. The second-order valence-electron chi connectivity index (χ2n) is 26.7. The molecule has 0 radical (unpaired) electrons. The average Bonchev–Trinajstić information content (AvgIpc) is 3.53. The first-order valence-corrected chi connectivity index (χ1v) is 38.6. The minimum atomic E-state index is -0.662. The smallest absolute Gasteiger partial charge is 0.305 e. The van der Waals surface area contributed by atoms with E-state index in [9.17, 15) is 19.8 Å². The van der Waals surface area contributed by atoms with Crippen LogP contribution < -0.4 is 5.32 Å². The number of aliphatic hydroxyl groups excluding tert-OH is 2. The molecule has 0 saturated carbocycles. The Bertz CT molecular complexity index is 1320. The summed E-state index contributed by atoms with van der Waals surface area (Å²) in [5, 5.41) is 23.3. The van der Waals surface area contributed by atoms with E-state index >= 15 is 0 Å². The molecule has 0 aliphatic rings. The zero-order valence-corrected chi connectivity index (χ0v) is 57.2. The number of hydrogen-bond donors (Lipinski definition) is 3. The van der Waals surface area contributed by atoms with Crippen molar-refractivity contribution < 1.29 is 24.5 Å². The Balaban J connectivity index is 3.35. The lowest BCUT2D eigenvalue weighted by Crippen LogP contribution is -2.45. The van der Waals surface area contributed by atoms with Gasteiger partial charge in [0.15, 0.2) is 0 Å². The maximum Gasteiger partial charge on any atom is 0.305 e. The molecule has 84 heavy (non-hydrogen) atoms. The van der Waals surface area contributed by atoms with Gasteiger partial charge in [0, 0.05) is 12.8 Å². The Morgan fingerprint density at radius 1 is 0.333 bits per heavy atom. The number of unbranched alkanes of at least 4 members (excludes halogenated alkanes) is 58. The summed E-state index contributed by atoms with van der Waals surface area (Å²) in [6.45, 7) is 5.00. The molecular weight excluding hydrogens is 1030 g/mol. The van der Waals surface area contributed by atoms with Crippen LogP contribution >= 0.6 is 0 Å². The van der Waals surface area contributed by atoms with E-state index in [2.05, 4.69) is 43.5 Å². The molecule has 6 heteroatoms. The van der Waals surface area contributed by atoms with Crippen LogP contribution in [0.25, 0.3) is 0 Å². The van der Waals surface area contributed by atoms with E-state index in [0.717, 1.165) is 44.9 Å². The van der Waals surface area contributed by atoms with Crippen LogP contribution in [-0.4, -0.2) is 47.4 Å². The number of carbonyl (C=O) groups is 2. The Morgan fingerprint density at radius 2 is 0.595 bits per heavy atom. The third kappa shape index (κ3) is 69.4. The molecule has 0 rings (SSSR count). The first-order chi connectivity index (χ1) is 41.5. The summed E-state index contributed by atoms with van der Waals surface area (Å²) in [5.74, 6) is -0.00761. The van der Waals surface area contributed by atoms with Gasteiger partial charge in [-0.2, -0.15) is 0 Å². The average molecular weight is 1180 g/mol. The van der Waals surface area contributed by atoms with Crippen LogP contribution in [0.2, 0.25) is 0 Å². The van der Waals surface area contributed by atoms with E-state index in [1.807, 2.05) is 0 Å². The van der Waals surface area contributed by atoms with Gasteiger partial charge < -0.3 is 20.3 Å². The van der Waals surface area contributed by atoms with Crippen molar-refractivity contribution >= 4 is 11.9 Å². The van der Waals surface area contributed by atoms with Gasteiger partial charge >= 0.3 is 5.97 Å². The second-order valence-corrected chi connectivity index (χ2v) is 26.7. The lowest BCUT2D eigenvalue weighted by Gasteiger charge is -2.22. The lowest BCUT2D eigenvalue weighted by molar-refractivity contribution is -0.143. The lowest BCUT2D eigenvalue weighted by atomic mass is 10.0. The van der Waals surface area contributed by atoms with Gasteiger partial charge in [0.1, 0.15) is 0 Å². The molecule has 0 saturated heterocycles. The van der Waals surface area contributed by atoms with Crippen molar-refractivity contribution in [2.75, 3.05) is 13.2 Å². The summed E-state index contributed by atoms with van der Waals surface area (Å²) < 4.78 is 5.51. The summed E-state index contributed by atoms with van der Waals surface area (Å²) in [5.41, 5.74) is 0. The molecule has 498 valence electrons. The van der Waals surface area contributed by atoms with E-state index in [0.29, 0.717) is 25.9 Å². The monoisotopic (exact) mass is 1180 g/mol. The van der Waals surface area contributed by atoms with E-state index in [4.69, 9.17) is 4.74 Å². The fourth-order valence-corrected chi connectivity index (χ4v) is 12.4. The van der Waals surface area contributed by atoms with Gasteiger partial charge in [0.05, 0.1) is 25.4 Å². The first kappa shape index (κ1) is 82.3. The van der Waals surface area contributed by atoms with Gasteiger partial charge in [-0.1, -0.05) is 391 Å². The van der Waals surface area contributed by atoms with Crippen LogP contribution in [0.4, 0.5) is 0 Å². The molecule has 6 nitrogen and oxygen atoms in total. The van der Waals surface area contributed by atoms with Gasteiger partial charge in [0.25, 0.3) is 0 Å². The van der Waals surface area contributed by atoms with Crippen molar-refractivity contribution in [3.63, 3.8) is 0 Å². The summed E-state index contributed by atoms with van der Waals surface area (Å²) in [4.78, 5) is 24.6. The molecule has 3 N–H and O–H groups in total. The number of allylic oxidation sites excluding steroid dienone is 4. The molecule has 0 fully saturated rings. The zero-order valence-electron chi connectivity index (χ0n) is 57.2. The molecule has 0 aliphatic carbocycles. The van der Waals surface area contributed by atoms with Crippen LogP contribution in [-0.2, 0) is 14.3 Å². The van der Waals surface area contributed by atoms with Crippen LogP contribution in [0.3, 0.4) is 0 Å². The Hall–Kier alpha value is -1.66. The molecule has 1 amide bonds. The van der Waals surface area contributed by atoms with Crippen LogP contribution in [0, 0.1) is 0 Å². The first-order valence-electron chi connectivity index (χ1n) is 38.6. The third-order valence-electron chi connectivity index (χ3n) is 18.3. The van der Waals surface area contributed by atoms with Gasteiger partial charge in [-0.25, -0.2) is 0 Å². The summed E-state index contributed by atoms with van der Waals surface area (Å²) in [7, 11) is 0. The van der Waals surface area contributed by atoms with Crippen molar-refractivity contribution in [2.24, 2.45) is 0 Å². The highest BCUT2D eigenvalue weighted by molar-refractivity contribution is 5.76. The van der Waals surface area contributed by atoms with E-state index in [1.54, 1.807) is 0 Å². The molecule has 0 aliphatic heterocycles. The number of ether oxygens (including phenoxy) is 1. The number of amides is 1. The molecule has 0 aromatic heterocycles. The number of hydrogen-bond acceptors (Lipinski definition) is 5. The quantitative estimate of drug-likeness (QED) is 0.0320. The van der Waals surface area contributed by atoms with Crippen LogP contribution in [0.15, 0.2) is 24.3 Å². The largest absolute Gasteiger partial charge is 0.466 e. The number of esters is 1. The normalized spacial score (nSPS) is 12.6. The van der Waals surface area contributed by atoms with Crippen molar-refractivity contribution in [3.05, 3.63) is 24.3 Å². The predicted octanol–water partition coefficient (Wildman–Crippen LogP) is 25.3. The summed E-state index contributed by atoms with van der Waals surface area (Å²) >= 11 is 0. The molecule has 0 spiro atoms. The molecule has 2 unspecified atom stereocenters. The third-order valence-corrected chi connectivity index (χ3v) is 18.3. The fourth-order valence-electron chi connectivity index (χ4n) is 12.4. The van der Waals surface area contributed by atoms with E-state index < -0.39 is 12.1 Å². The van der Waals surface area contributed by atoms with Crippen molar-refractivity contribution in [2.45, 2.75) is 450 Å². The van der Waals surface area contributed by atoms with E-state index in [1.165, 1.54) is 360 Å². The van der Waals surface area contributed by atoms with Crippen LogP contribution in [0.1, 0.15) is 438 Å². The number of rotatable bonds is 73. The maximum atomic E-state index is 12.5. The molecule has 2 atom stereocenters. The van der Waals surface area contributed by atoms with Crippen LogP contribution in [0.5, 0.6) is 0 Å². The highest BCUT2D eigenvalue weighted by Gasteiger charge is 2.20. The van der Waals surface area contributed by atoms with Gasteiger partial charge in [-0.3, -0.25) is 9.59 Å². The number of aliphatic hydroxyl groups is 2. The number of carbonyl (C=O) groups excluding carboxylic acids is 2. The van der Waals surface area contributed by atoms with Crippen molar-refractivity contribution in [1.29, 1.82) is 0 Å². The summed E-state index contributed by atoms with van der Waals surface area (Å²) in [6, 6.07) is -0.539. The molecule has 0 bridgehead atoms. The van der Waals surface area contributed by atoms with E-state index in [-0.39, 0.29) is 18.5 Å². The Morgan fingerprint density at radius 3 is 0.905 bits per heavy atom.